The molecule has 0 saturated carbocycles. The summed E-state index contributed by atoms with van der Waals surface area (Å²) in [6.07, 6.45) is -0.945. The minimum absolute atomic E-state index is 0.398. The lowest BCUT2D eigenvalue weighted by atomic mass is 9.95. The number of nitrogens with one attached hydrogen (secondary N) is 2. The third-order valence-electron chi connectivity index (χ3n) is 3.13. The highest BCUT2D eigenvalue weighted by Crippen LogP contribution is 2.27. The highest BCUT2D eigenvalue weighted by atomic mass is 16.5. The minimum Gasteiger partial charge on any atom is -0.465 e. The lowest BCUT2D eigenvalue weighted by molar-refractivity contribution is 0.0600. The monoisotopic (exact) mass is 273 g/mol. The van der Waals surface area contributed by atoms with Crippen molar-refractivity contribution in [2.75, 3.05) is 7.11 Å². The number of hydrogen-bond acceptors (Lipinski definition) is 6. The molecule has 0 spiro atoms. The third kappa shape index (κ3) is 2.64. The summed E-state index contributed by atoms with van der Waals surface area (Å²) in [4.78, 5) is 11.5. The molecule has 2 rings (SSSR count). The summed E-state index contributed by atoms with van der Waals surface area (Å²) in [6, 6.07) is 8.42. The SMILES string of the molecule is COC(=O)c1cccc(C2NC(O)NC(C)=C2C#N)c1. The average molecular weight is 273 g/mol. The van der Waals surface area contributed by atoms with Crippen molar-refractivity contribution >= 4 is 5.97 Å². The fraction of sp³-hybridized carbons (Fsp3) is 0.286. The summed E-state index contributed by atoms with van der Waals surface area (Å²) in [5.74, 6) is -0.444. The van der Waals surface area contributed by atoms with E-state index >= 15 is 0 Å². The number of benzene rings is 1. The molecule has 0 fully saturated rings. The molecule has 20 heavy (non-hydrogen) atoms. The van der Waals surface area contributed by atoms with Gasteiger partial charge in [0.05, 0.1) is 30.4 Å². The molecule has 0 saturated heterocycles. The van der Waals surface area contributed by atoms with Crippen LogP contribution >= 0.6 is 0 Å². The first-order chi connectivity index (χ1) is 9.56. The predicted octanol–water partition coefficient (Wildman–Crippen LogP) is 0.781. The van der Waals surface area contributed by atoms with Crippen molar-refractivity contribution < 1.29 is 14.6 Å². The van der Waals surface area contributed by atoms with Crippen LogP contribution in [-0.2, 0) is 4.74 Å². The van der Waals surface area contributed by atoms with Gasteiger partial charge < -0.3 is 15.2 Å². The Morgan fingerprint density at radius 3 is 2.90 bits per heavy atom. The zero-order valence-electron chi connectivity index (χ0n) is 11.2. The maximum atomic E-state index is 11.5. The predicted molar refractivity (Wildman–Crippen MR) is 71.1 cm³/mol. The Hall–Kier alpha value is -2.36. The van der Waals surface area contributed by atoms with E-state index in [9.17, 15) is 15.2 Å². The van der Waals surface area contributed by atoms with Crippen LogP contribution < -0.4 is 10.6 Å². The first-order valence-corrected chi connectivity index (χ1v) is 6.06. The van der Waals surface area contributed by atoms with E-state index in [0.29, 0.717) is 22.4 Å². The molecular weight excluding hydrogens is 258 g/mol. The van der Waals surface area contributed by atoms with Gasteiger partial charge in [-0.3, -0.25) is 5.32 Å². The van der Waals surface area contributed by atoms with Crippen LogP contribution in [0.1, 0.15) is 28.9 Å². The van der Waals surface area contributed by atoms with Crippen molar-refractivity contribution in [3.05, 3.63) is 46.7 Å². The normalized spacial score (nSPS) is 21.9. The first-order valence-electron chi connectivity index (χ1n) is 6.06. The molecule has 1 aromatic rings. The fourth-order valence-electron chi connectivity index (χ4n) is 2.16. The first kappa shape index (κ1) is 14.1. The maximum Gasteiger partial charge on any atom is 0.337 e. The molecule has 1 aromatic carbocycles. The fourth-order valence-corrected chi connectivity index (χ4v) is 2.16. The minimum atomic E-state index is -0.945. The van der Waals surface area contributed by atoms with Crippen LogP contribution in [0.2, 0.25) is 0 Å². The second-order valence-electron chi connectivity index (χ2n) is 4.41. The number of carbonyl (C=O) groups excluding carboxylic acids is 1. The van der Waals surface area contributed by atoms with E-state index in [1.165, 1.54) is 7.11 Å². The summed E-state index contributed by atoms with van der Waals surface area (Å²) < 4.78 is 4.68. The van der Waals surface area contributed by atoms with Crippen LogP contribution in [0.3, 0.4) is 0 Å². The van der Waals surface area contributed by atoms with Gasteiger partial charge in [0.15, 0.2) is 6.35 Å². The molecule has 6 nitrogen and oxygen atoms in total. The summed E-state index contributed by atoms with van der Waals surface area (Å²) in [5.41, 5.74) is 2.18. The molecule has 1 heterocycles. The van der Waals surface area contributed by atoms with Crippen LogP contribution in [0.25, 0.3) is 0 Å². The second-order valence-corrected chi connectivity index (χ2v) is 4.41. The molecule has 0 radical (unpaired) electrons. The number of esters is 1. The van der Waals surface area contributed by atoms with Crippen molar-refractivity contribution in [2.24, 2.45) is 0 Å². The number of nitriles is 1. The van der Waals surface area contributed by atoms with Crippen molar-refractivity contribution in [1.82, 2.24) is 10.6 Å². The molecule has 0 aromatic heterocycles. The van der Waals surface area contributed by atoms with E-state index in [4.69, 9.17) is 0 Å². The Labute approximate surface area is 116 Å². The van der Waals surface area contributed by atoms with Crippen LogP contribution in [0, 0.1) is 11.3 Å². The standard InChI is InChI=1S/C14H15N3O3/c1-8-11(7-15)12(17-14(19)16-8)9-4-3-5-10(6-9)13(18)20-2/h3-6,12,14,16-17,19H,1-2H3. The quantitative estimate of drug-likeness (QED) is 0.689. The molecule has 6 heteroatoms. The van der Waals surface area contributed by atoms with E-state index in [2.05, 4.69) is 21.4 Å². The van der Waals surface area contributed by atoms with E-state index in [-0.39, 0.29) is 0 Å². The van der Waals surface area contributed by atoms with Gasteiger partial charge in [0.1, 0.15) is 0 Å². The van der Waals surface area contributed by atoms with E-state index in [1.807, 2.05) is 0 Å². The summed E-state index contributed by atoms with van der Waals surface area (Å²) in [6.45, 7) is 1.72. The number of ether oxygens (including phenoxy) is 1. The van der Waals surface area contributed by atoms with Gasteiger partial charge in [-0.05, 0) is 24.6 Å². The van der Waals surface area contributed by atoms with Gasteiger partial charge in [0.25, 0.3) is 0 Å². The number of methoxy groups -OCH3 is 1. The van der Waals surface area contributed by atoms with Gasteiger partial charge in [-0.1, -0.05) is 12.1 Å². The lowest BCUT2D eigenvalue weighted by Crippen LogP contribution is -2.48. The number of carbonyl (C=O) groups is 1. The van der Waals surface area contributed by atoms with Gasteiger partial charge in [-0.2, -0.15) is 5.26 Å². The Balaban J connectivity index is 2.42. The number of hydrogen-bond donors (Lipinski definition) is 3. The highest BCUT2D eigenvalue weighted by molar-refractivity contribution is 5.89. The molecule has 2 unspecified atom stereocenters. The lowest BCUT2D eigenvalue weighted by Gasteiger charge is -2.30. The van der Waals surface area contributed by atoms with E-state index < -0.39 is 18.4 Å². The van der Waals surface area contributed by atoms with E-state index in [0.717, 1.165) is 0 Å². The smallest absolute Gasteiger partial charge is 0.337 e. The van der Waals surface area contributed by atoms with Crippen LogP contribution in [0.4, 0.5) is 0 Å². The Kier molecular flexibility index (Phi) is 4.03. The summed E-state index contributed by atoms with van der Waals surface area (Å²) >= 11 is 0. The molecule has 0 bridgehead atoms. The maximum absolute atomic E-state index is 11.5. The van der Waals surface area contributed by atoms with Crippen molar-refractivity contribution in [2.45, 2.75) is 19.3 Å². The Morgan fingerprint density at radius 2 is 2.25 bits per heavy atom. The third-order valence-corrected chi connectivity index (χ3v) is 3.13. The van der Waals surface area contributed by atoms with Crippen molar-refractivity contribution in [1.29, 1.82) is 5.26 Å². The zero-order chi connectivity index (χ0) is 14.7. The topological polar surface area (TPSA) is 94.4 Å². The molecule has 0 amide bonds. The summed E-state index contributed by atoms with van der Waals surface area (Å²) in [5, 5.41) is 24.5. The zero-order valence-corrected chi connectivity index (χ0v) is 11.2. The summed E-state index contributed by atoms with van der Waals surface area (Å²) in [7, 11) is 1.31. The van der Waals surface area contributed by atoms with Crippen LogP contribution in [-0.4, -0.2) is 24.5 Å². The number of aliphatic hydroxyl groups is 1. The number of nitrogens with zero attached hydrogens (tertiary/aromatic N) is 1. The van der Waals surface area contributed by atoms with Gasteiger partial charge >= 0.3 is 5.97 Å². The number of allylic oxidation sites excluding steroid dienone is 1. The molecule has 104 valence electrons. The van der Waals surface area contributed by atoms with Crippen LogP contribution in [0.15, 0.2) is 35.5 Å². The van der Waals surface area contributed by atoms with Gasteiger partial charge in [-0.15, -0.1) is 0 Å². The molecule has 1 aliphatic rings. The van der Waals surface area contributed by atoms with Gasteiger partial charge in [0.2, 0.25) is 0 Å². The molecule has 2 atom stereocenters. The largest absolute Gasteiger partial charge is 0.465 e. The van der Waals surface area contributed by atoms with Gasteiger partial charge in [0, 0.05) is 5.70 Å². The highest BCUT2D eigenvalue weighted by Gasteiger charge is 2.27. The second kappa shape index (κ2) is 5.74. The van der Waals surface area contributed by atoms with Crippen LogP contribution in [0.5, 0.6) is 0 Å². The number of aliphatic hydroxyl groups excluding tert-OH is 1. The molecule has 0 aliphatic carbocycles. The molecular formula is C14H15N3O3. The van der Waals surface area contributed by atoms with Gasteiger partial charge in [-0.25, -0.2) is 4.79 Å². The Bertz CT molecular complexity index is 604. The molecule has 1 aliphatic heterocycles. The van der Waals surface area contributed by atoms with Crippen molar-refractivity contribution in [3.63, 3.8) is 0 Å². The Morgan fingerprint density at radius 1 is 1.50 bits per heavy atom. The molecule has 3 N–H and O–H groups in total. The van der Waals surface area contributed by atoms with Crippen molar-refractivity contribution in [3.8, 4) is 6.07 Å². The average Bonchev–Trinajstić information content (AvgIpc) is 2.45. The number of rotatable bonds is 2. The van der Waals surface area contributed by atoms with E-state index in [1.54, 1.807) is 31.2 Å².